The molecule has 0 amide bonds. The van der Waals surface area contributed by atoms with Crippen LogP contribution in [0.4, 0.5) is 0 Å². The highest BCUT2D eigenvalue weighted by atomic mass is 35.5. The summed E-state index contributed by atoms with van der Waals surface area (Å²) in [5.74, 6) is 0.745. The van der Waals surface area contributed by atoms with Gasteiger partial charge in [-0.25, -0.2) is 15.0 Å². The van der Waals surface area contributed by atoms with Gasteiger partial charge in [-0.2, -0.15) is 0 Å². The quantitative estimate of drug-likeness (QED) is 0.501. The molecule has 0 fully saturated rings. The standard InChI is InChI=1S/C20H17Cl2N5/c21-16-6-17-15(10-26-20(17)27-11-16)5-13-7-24-19(25-8-13)12-23-9-14-3-1-2-4-18(14)22/h1-4,6-8,10-11,23H,5,9,12H2,(H,26,27). The lowest BCUT2D eigenvalue weighted by molar-refractivity contribution is 0.661. The van der Waals surface area contributed by atoms with E-state index in [4.69, 9.17) is 23.2 Å². The van der Waals surface area contributed by atoms with E-state index in [2.05, 4.69) is 25.3 Å². The second kappa shape index (κ2) is 8.05. The van der Waals surface area contributed by atoms with E-state index in [1.807, 2.05) is 48.9 Å². The summed E-state index contributed by atoms with van der Waals surface area (Å²) in [6.45, 7) is 1.26. The highest BCUT2D eigenvalue weighted by Gasteiger charge is 2.07. The summed E-state index contributed by atoms with van der Waals surface area (Å²) >= 11 is 12.2. The minimum absolute atomic E-state index is 0.581. The molecule has 0 radical (unpaired) electrons. The number of hydrogen-bond donors (Lipinski definition) is 2. The van der Waals surface area contributed by atoms with Crippen molar-refractivity contribution in [2.75, 3.05) is 0 Å². The van der Waals surface area contributed by atoms with Gasteiger partial charge in [0, 0.05) is 48.2 Å². The highest BCUT2D eigenvalue weighted by Crippen LogP contribution is 2.22. The SMILES string of the molecule is Clc1cnc2[nH]cc(Cc3cnc(CNCc4ccccc4Cl)nc3)c2c1. The van der Waals surface area contributed by atoms with Crippen molar-refractivity contribution >= 4 is 34.2 Å². The molecule has 0 spiro atoms. The van der Waals surface area contributed by atoms with E-state index in [-0.39, 0.29) is 0 Å². The van der Waals surface area contributed by atoms with Crippen LogP contribution in [0.2, 0.25) is 10.0 Å². The summed E-state index contributed by atoms with van der Waals surface area (Å²) < 4.78 is 0. The number of benzene rings is 1. The molecule has 2 N–H and O–H groups in total. The number of aromatic nitrogens is 4. The zero-order chi connectivity index (χ0) is 18.6. The van der Waals surface area contributed by atoms with E-state index in [0.717, 1.165) is 45.0 Å². The molecule has 4 rings (SSSR count). The van der Waals surface area contributed by atoms with E-state index >= 15 is 0 Å². The zero-order valence-corrected chi connectivity index (χ0v) is 15.9. The Kier molecular flexibility index (Phi) is 5.34. The van der Waals surface area contributed by atoms with Crippen LogP contribution in [-0.4, -0.2) is 19.9 Å². The molecular formula is C20H17Cl2N5. The fourth-order valence-electron chi connectivity index (χ4n) is 2.91. The number of nitrogens with zero attached hydrogens (tertiary/aromatic N) is 3. The smallest absolute Gasteiger partial charge is 0.141 e. The monoisotopic (exact) mass is 397 g/mol. The number of halogens is 2. The Balaban J connectivity index is 1.38. The van der Waals surface area contributed by atoms with Gasteiger partial charge in [-0.05, 0) is 28.8 Å². The maximum absolute atomic E-state index is 6.16. The summed E-state index contributed by atoms with van der Waals surface area (Å²) in [6.07, 6.45) is 8.02. The molecular weight excluding hydrogens is 381 g/mol. The lowest BCUT2D eigenvalue weighted by Crippen LogP contribution is -2.15. The van der Waals surface area contributed by atoms with Crippen LogP contribution in [0.5, 0.6) is 0 Å². The van der Waals surface area contributed by atoms with E-state index in [0.29, 0.717) is 18.1 Å². The molecule has 0 bridgehead atoms. The normalized spacial score (nSPS) is 11.2. The van der Waals surface area contributed by atoms with Gasteiger partial charge in [-0.3, -0.25) is 0 Å². The van der Waals surface area contributed by atoms with Gasteiger partial charge in [0.25, 0.3) is 0 Å². The van der Waals surface area contributed by atoms with Gasteiger partial charge >= 0.3 is 0 Å². The average Bonchev–Trinajstić information content (AvgIpc) is 3.07. The van der Waals surface area contributed by atoms with Gasteiger partial charge in [0.05, 0.1) is 11.6 Å². The minimum Gasteiger partial charge on any atom is -0.346 e. The molecule has 4 aromatic rings. The van der Waals surface area contributed by atoms with E-state index in [1.54, 1.807) is 6.20 Å². The molecule has 1 aromatic carbocycles. The number of nitrogens with one attached hydrogen (secondary N) is 2. The molecule has 0 aliphatic rings. The van der Waals surface area contributed by atoms with Crippen molar-refractivity contribution in [1.29, 1.82) is 0 Å². The molecule has 136 valence electrons. The predicted octanol–water partition coefficient (Wildman–Crippen LogP) is 4.54. The lowest BCUT2D eigenvalue weighted by atomic mass is 10.1. The molecule has 0 aliphatic heterocycles. The van der Waals surface area contributed by atoms with Crippen molar-refractivity contribution in [3.63, 3.8) is 0 Å². The first-order valence-electron chi connectivity index (χ1n) is 8.54. The van der Waals surface area contributed by atoms with Crippen LogP contribution < -0.4 is 5.32 Å². The van der Waals surface area contributed by atoms with Crippen LogP contribution in [0.15, 0.2) is 55.1 Å². The summed E-state index contributed by atoms with van der Waals surface area (Å²) in [7, 11) is 0. The Morgan fingerprint density at radius 1 is 0.926 bits per heavy atom. The fourth-order valence-corrected chi connectivity index (χ4v) is 3.27. The van der Waals surface area contributed by atoms with Crippen LogP contribution in [-0.2, 0) is 19.5 Å². The van der Waals surface area contributed by atoms with Crippen molar-refractivity contribution in [3.05, 3.63) is 87.7 Å². The Morgan fingerprint density at radius 2 is 1.74 bits per heavy atom. The molecule has 3 heterocycles. The van der Waals surface area contributed by atoms with E-state index < -0.39 is 0 Å². The highest BCUT2D eigenvalue weighted by molar-refractivity contribution is 6.31. The first-order valence-corrected chi connectivity index (χ1v) is 9.30. The number of aromatic amines is 1. The average molecular weight is 398 g/mol. The zero-order valence-electron chi connectivity index (χ0n) is 14.4. The molecule has 0 atom stereocenters. The van der Waals surface area contributed by atoms with Crippen LogP contribution in [0.3, 0.4) is 0 Å². The summed E-state index contributed by atoms with van der Waals surface area (Å²) in [4.78, 5) is 16.4. The van der Waals surface area contributed by atoms with E-state index in [9.17, 15) is 0 Å². The van der Waals surface area contributed by atoms with E-state index in [1.165, 1.54) is 0 Å². The van der Waals surface area contributed by atoms with Gasteiger partial charge in [-0.15, -0.1) is 0 Å². The van der Waals surface area contributed by atoms with Crippen LogP contribution >= 0.6 is 23.2 Å². The second-order valence-corrected chi connectivity index (χ2v) is 7.09. The Bertz CT molecular complexity index is 1060. The molecule has 27 heavy (non-hydrogen) atoms. The van der Waals surface area contributed by atoms with Crippen LogP contribution in [0.1, 0.15) is 22.5 Å². The van der Waals surface area contributed by atoms with Gasteiger partial charge < -0.3 is 10.3 Å². The molecule has 5 nitrogen and oxygen atoms in total. The first-order chi connectivity index (χ1) is 13.2. The van der Waals surface area contributed by atoms with Crippen molar-refractivity contribution < 1.29 is 0 Å². The molecule has 0 aliphatic carbocycles. The van der Waals surface area contributed by atoms with Gasteiger partial charge in [0.15, 0.2) is 0 Å². The van der Waals surface area contributed by atoms with Crippen LogP contribution in [0, 0.1) is 0 Å². The number of H-pyrrole nitrogens is 1. The maximum atomic E-state index is 6.16. The van der Waals surface area contributed by atoms with Crippen molar-refractivity contribution in [1.82, 2.24) is 25.3 Å². The summed E-state index contributed by atoms with van der Waals surface area (Å²) in [6, 6.07) is 9.70. The van der Waals surface area contributed by atoms with Gasteiger partial charge in [0.1, 0.15) is 11.5 Å². The van der Waals surface area contributed by atoms with Crippen molar-refractivity contribution in [2.24, 2.45) is 0 Å². The third-order valence-electron chi connectivity index (χ3n) is 4.29. The molecule has 0 saturated carbocycles. The van der Waals surface area contributed by atoms with Crippen LogP contribution in [0.25, 0.3) is 11.0 Å². The predicted molar refractivity (Wildman–Crippen MR) is 108 cm³/mol. The Labute approximate surface area is 166 Å². The topological polar surface area (TPSA) is 66.5 Å². The number of fused-ring (bicyclic) bond motifs is 1. The Hall–Kier alpha value is -2.47. The van der Waals surface area contributed by atoms with Gasteiger partial charge in [-0.1, -0.05) is 41.4 Å². The maximum Gasteiger partial charge on any atom is 0.141 e. The molecule has 0 saturated heterocycles. The van der Waals surface area contributed by atoms with Crippen molar-refractivity contribution in [2.45, 2.75) is 19.5 Å². The molecule has 3 aromatic heterocycles. The lowest BCUT2D eigenvalue weighted by Gasteiger charge is -2.06. The number of pyridine rings is 1. The first kappa shape index (κ1) is 17.9. The molecule has 7 heteroatoms. The number of rotatable bonds is 6. The summed E-state index contributed by atoms with van der Waals surface area (Å²) in [5, 5.41) is 5.72. The van der Waals surface area contributed by atoms with Crippen molar-refractivity contribution in [3.8, 4) is 0 Å². The Morgan fingerprint density at radius 3 is 2.56 bits per heavy atom. The third-order valence-corrected chi connectivity index (χ3v) is 4.87. The van der Waals surface area contributed by atoms with Gasteiger partial charge in [0.2, 0.25) is 0 Å². The summed E-state index contributed by atoms with van der Waals surface area (Å²) in [5.41, 5.74) is 4.04. The second-order valence-electron chi connectivity index (χ2n) is 6.24. The number of hydrogen-bond acceptors (Lipinski definition) is 4. The fraction of sp³-hybridized carbons (Fsp3) is 0.150. The largest absolute Gasteiger partial charge is 0.346 e. The molecule has 0 unspecified atom stereocenters. The third kappa shape index (κ3) is 4.27. The minimum atomic E-state index is 0.581.